The quantitative estimate of drug-likeness (QED) is 0.721. The molecule has 0 amide bonds. The number of nitrogens with zero attached hydrogens (tertiary/aromatic N) is 2. The minimum Gasteiger partial charge on any atom is -0.406 e. The summed E-state index contributed by atoms with van der Waals surface area (Å²) in [5, 5.41) is 4.27. The normalized spacial score (nSPS) is 17.5. The minimum absolute atomic E-state index is 0. The number of nitrogens with one attached hydrogen (secondary N) is 1. The largest absolute Gasteiger partial charge is 0.573 e. The zero-order valence-corrected chi connectivity index (χ0v) is 16.7. The molecule has 2 heterocycles. The Labute approximate surface area is 166 Å². The van der Waals surface area contributed by atoms with Crippen LogP contribution in [0.1, 0.15) is 26.2 Å². The van der Waals surface area contributed by atoms with E-state index < -0.39 is 6.36 Å². The first-order chi connectivity index (χ1) is 11.5. The third-order valence-electron chi connectivity index (χ3n) is 4.07. The van der Waals surface area contributed by atoms with Crippen LogP contribution in [-0.2, 0) is 0 Å². The molecular formula is C16H22Cl2F3N3OS. The van der Waals surface area contributed by atoms with Crippen LogP contribution in [0, 0.1) is 0 Å². The number of ether oxygens (including phenoxy) is 1. The van der Waals surface area contributed by atoms with Gasteiger partial charge in [-0.2, -0.15) is 0 Å². The first-order valence-electron chi connectivity index (χ1n) is 8.10. The van der Waals surface area contributed by atoms with Crippen LogP contribution in [0.25, 0.3) is 10.2 Å². The van der Waals surface area contributed by atoms with Crippen LogP contribution < -0.4 is 15.0 Å². The number of benzene rings is 1. The lowest BCUT2D eigenvalue weighted by atomic mass is 10.1. The fraction of sp³-hybridized carbons (Fsp3) is 0.562. The second-order valence-electron chi connectivity index (χ2n) is 5.87. The lowest BCUT2D eigenvalue weighted by molar-refractivity contribution is -0.274. The smallest absolute Gasteiger partial charge is 0.406 e. The number of rotatable bonds is 5. The second kappa shape index (κ2) is 9.82. The molecule has 0 aliphatic carbocycles. The Kier molecular flexibility index (Phi) is 8.72. The first kappa shape index (κ1) is 23.1. The lowest BCUT2D eigenvalue weighted by Crippen LogP contribution is -2.51. The van der Waals surface area contributed by atoms with Crippen LogP contribution in [-0.4, -0.2) is 37.0 Å². The summed E-state index contributed by atoms with van der Waals surface area (Å²) in [4.78, 5) is 6.89. The second-order valence-corrected chi connectivity index (χ2v) is 6.88. The van der Waals surface area contributed by atoms with Gasteiger partial charge in [-0.05, 0) is 18.6 Å². The number of fused-ring (bicyclic) bond motifs is 1. The maximum atomic E-state index is 12.4. The predicted octanol–water partition coefficient (Wildman–Crippen LogP) is 5.01. The molecule has 1 aromatic carbocycles. The predicted molar refractivity (Wildman–Crippen MR) is 104 cm³/mol. The van der Waals surface area contributed by atoms with Crippen molar-refractivity contribution in [1.29, 1.82) is 0 Å². The van der Waals surface area contributed by atoms with Gasteiger partial charge in [-0.15, -0.1) is 38.0 Å². The van der Waals surface area contributed by atoms with Gasteiger partial charge in [0, 0.05) is 31.7 Å². The van der Waals surface area contributed by atoms with Gasteiger partial charge in [-0.1, -0.05) is 31.1 Å². The van der Waals surface area contributed by atoms with Crippen LogP contribution in [0.2, 0.25) is 0 Å². The molecule has 1 aliphatic rings. The van der Waals surface area contributed by atoms with Crippen molar-refractivity contribution in [2.75, 3.05) is 24.5 Å². The summed E-state index contributed by atoms with van der Waals surface area (Å²) in [6, 6.07) is 4.68. The Hall–Kier alpha value is -0.960. The molecule has 0 spiro atoms. The molecule has 1 fully saturated rings. The van der Waals surface area contributed by atoms with Crippen molar-refractivity contribution in [3.05, 3.63) is 18.2 Å². The van der Waals surface area contributed by atoms with E-state index in [2.05, 4.69) is 26.9 Å². The van der Waals surface area contributed by atoms with Gasteiger partial charge in [0.15, 0.2) is 5.13 Å². The molecule has 26 heavy (non-hydrogen) atoms. The lowest BCUT2D eigenvalue weighted by Gasteiger charge is -2.36. The van der Waals surface area contributed by atoms with E-state index in [0.29, 0.717) is 16.3 Å². The Bertz CT molecular complexity index is 699. The van der Waals surface area contributed by atoms with E-state index in [1.54, 1.807) is 6.07 Å². The number of piperazine rings is 1. The van der Waals surface area contributed by atoms with Crippen molar-refractivity contribution < 1.29 is 17.9 Å². The first-order valence-corrected chi connectivity index (χ1v) is 8.91. The minimum atomic E-state index is -4.68. The molecule has 0 radical (unpaired) electrons. The zero-order valence-electron chi connectivity index (χ0n) is 14.2. The molecule has 1 aliphatic heterocycles. The van der Waals surface area contributed by atoms with Gasteiger partial charge in [0.25, 0.3) is 0 Å². The summed E-state index contributed by atoms with van der Waals surface area (Å²) in [7, 11) is 0. The number of anilines is 1. The van der Waals surface area contributed by atoms with E-state index in [1.165, 1.54) is 23.5 Å². The van der Waals surface area contributed by atoms with E-state index in [-0.39, 0.29) is 30.6 Å². The highest BCUT2D eigenvalue weighted by molar-refractivity contribution is 7.22. The van der Waals surface area contributed by atoms with Crippen molar-refractivity contribution in [1.82, 2.24) is 10.3 Å². The molecule has 3 rings (SSSR count). The summed E-state index contributed by atoms with van der Waals surface area (Å²) in [6.07, 6.45) is -1.30. The number of unbranched alkanes of at least 4 members (excludes halogenated alkanes) is 1. The summed E-state index contributed by atoms with van der Waals surface area (Å²) < 4.78 is 41.8. The molecule has 2 aromatic rings. The van der Waals surface area contributed by atoms with E-state index in [4.69, 9.17) is 0 Å². The SMILES string of the molecule is CCCCC1CNCCN1c1nc2ccc(OC(F)(F)F)cc2s1.Cl.Cl. The van der Waals surface area contributed by atoms with Crippen LogP contribution in [0.3, 0.4) is 0 Å². The maximum Gasteiger partial charge on any atom is 0.573 e. The fourth-order valence-electron chi connectivity index (χ4n) is 2.92. The summed E-state index contributed by atoms with van der Waals surface area (Å²) >= 11 is 1.42. The summed E-state index contributed by atoms with van der Waals surface area (Å²) in [5.74, 6) is -0.201. The van der Waals surface area contributed by atoms with Gasteiger partial charge in [0.05, 0.1) is 10.2 Å². The van der Waals surface area contributed by atoms with Gasteiger partial charge in [0.1, 0.15) is 5.75 Å². The zero-order chi connectivity index (χ0) is 17.2. The highest BCUT2D eigenvalue weighted by Crippen LogP contribution is 2.34. The Morgan fingerprint density at radius 2 is 2.12 bits per heavy atom. The summed E-state index contributed by atoms with van der Waals surface area (Å²) in [6.45, 7) is 4.83. The number of hydrogen-bond acceptors (Lipinski definition) is 5. The van der Waals surface area contributed by atoms with Gasteiger partial charge in [-0.25, -0.2) is 4.98 Å². The molecule has 0 saturated carbocycles. The third-order valence-corrected chi connectivity index (χ3v) is 5.12. The third kappa shape index (κ3) is 5.77. The highest BCUT2D eigenvalue weighted by atomic mass is 35.5. The Balaban J connectivity index is 0.00000169. The number of aromatic nitrogens is 1. The monoisotopic (exact) mass is 431 g/mol. The number of alkyl halides is 3. The average molecular weight is 432 g/mol. The van der Waals surface area contributed by atoms with Crippen molar-refractivity contribution in [3.8, 4) is 5.75 Å². The van der Waals surface area contributed by atoms with Gasteiger partial charge >= 0.3 is 6.36 Å². The van der Waals surface area contributed by atoms with Crippen molar-refractivity contribution >= 4 is 51.5 Å². The molecule has 1 N–H and O–H groups in total. The number of halogens is 5. The van der Waals surface area contributed by atoms with Gasteiger partial charge in [-0.3, -0.25) is 0 Å². The Morgan fingerprint density at radius 1 is 1.35 bits per heavy atom. The maximum absolute atomic E-state index is 12.4. The molecule has 1 aromatic heterocycles. The molecule has 10 heteroatoms. The topological polar surface area (TPSA) is 37.4 Å². The van der Waals surface area contributed by atoms with Gasteiger partial charge in [0.2, 0.25) is 0 Å². The molecule has 1 atom stereocenters. The van der Waals surface area contributed by atoms with E-state index in [0.717, 1.165) is 44.0 Å². The molecule has 1 saturated heterocycles. The van der Waals surface area contributed by atoms with Crippen molar-refractivity contribution in [2.45, 2.75) is 38.6 Å². The number of thiazole rings is 1. The van der Waals surface area contributed by atoms with Crippen LogP contribution in [0.15, 0.2) is 18.2 Å². The van der Waals surface area contributed by atoms with Crippen LogP contribution in [0.4, 0.5) is 18.3 Å². The number of hydrogen-bond donors (Lipinski definition) is 1. The Morgan fingerprint density at radius 3 is 2.81 bits per heavy atom. The molecule has 1 unspecified atom stereocenters. The summed E-state index contributed by atoms with van der Waals surface area (Å²) in [5.41, 5.74) is 0.706. The molecular weight excluding hydrogens is 410 g/mol. The van der Waals surface area contributed by atoms with Crippen LogP contribution in [0.5, 0.6) is 5.75 Å². The van der Waals surface area contributed by atoms with Gasteiger partial charge < -0.3 is 15.0 Å². The van der Waals surface area contributed by atoms with Crippen molar-refractivity contribution in [2.24, 2.45) is 0 Å². The van der Waals surface area contributed by atoms with E-state index in [9.17, 15) is 13.2 Å². The molecule has 148 valence electrons. The standard InChI is InChI=1S/C16H20F3N3OS.2ClH/c1-2-3-4-11-10-20-7-8-22(11)15-21-13-6-5-12(9-14(13)24-15)23-16(17,18)19;;/h5-6,9,11,20H,2-4,7-8,10H2,1H3;2*1H. The van der Waals surface area contributed by atoms with E-state index in [1.807, 2.05) is 0 Å². The van der Waals surface area contributed by atoms with E-state index >= 15 is 0 Å². The highest BCUT2D eigenvalue weighted by Gasteiger charge is 2.31. The molecule has 4 nitrogen and oxygen atoms in total. The van der Waals surface area contributed by atoms with Crippen molar-refractivity contribution in [3.63, 3.8) is 0 Å². The average Bonchev–Trinajstić information content (AvgIpc) is 2.94. The van der Waals surface area contributed by atoms with Crippen LogP contribution >= 0.6 is 36.2 Å². The fourth-order valence-corrected chi connectivity index (χ4v) is 4.01. The molecule has 0 bridgehead atoms.